The zero-order chi connectivity index (χ0) is 17.5. The van der Waals surface area contributed by atoms with E-state index in [9.17, 15) is 4.79 Å². The van der Waals surface area contributed by atoms with Crippen molar-refractivity contribution in [2.24, 2.45) is 0 Å². The highest BCUT2D eigenvalue weighted by Gasteiger charge is 2.13. The number of nitrogens with zero attached hydrogens (tertiary/aromatic N) is 2. The maximum absolute atomic E-state index is 11.9. The van der Waals surface area contributed by atoms with Crippen LogP contribution in [0.2, 0.25) is 0 Å². The third-order valence-corrected chi connectivity index (χ3v) is 5.60. The first-order valence-corrected chi connectivity index (χ1v) is 9.32. The zero-order valence-corrected chi connectivity index (χ0v) is 18.2. The lowest BCUT2D eigenvalue weighted by Gasteiger charge is -2.32. The number of carbonyl (C=O) groups excluding carboxylic acids is 1. The van der Waals surface area contributed by atoms with Gasteiger partial charge in [0.25, 0.3) is 5.91 Å². The normalized spacial score (nSPS) is 14.9. The van der Waals surface area contributed by atoms with Gasteiger partial charge in [0.05, 0.1) is 0 Å². The molecule has 2 rings (SSSR count). The van der Waals surface area contributed by atoms with Crippen LogP contribution in [-0.2, 0) is 4.79 Å². The third-order valence-electron chi connectivity index (χ3n) is 4.35. The summed E-state index contributed by atoms with van der Waals surface area (Å²) in [6, 6.07) is 3.88. The second-order valence-corrected chi connectivity index (χ2v) is 7.30. The molecule has 1 heterocycles. The second-order valence-electron chi connectivity index (χ2n) is 6.51. The SMILES string of the molecule is Cc1cc(OCC(=O)NCCCN2CCN(C)CC2)cc(C)c1Br.Cl.O. The number of hydrogen-bond donors (Lipinski definition) is 1. The maximum atomic E-state index is 11.9. The Labute approximate surface area is 171 Å². The molecule has 0 saturated carbocycles. The molecule has 8 heteroatoms. The molecule has 0 spiro atoms. The van der Waals surface area contributed by atoms with Crippen molar-refractivity contribution in [1.82, 2.24) is 15.1 Å². The van der Waals surface area contributed by atoms with E-state index in [1.165, 1.54) is 0 Å². The number of carbonyl (C=O) groups is 1. The molecule has 0 aromatic heterocycles. The van der Waals surface area contributed by atoms with Crippen LogP contribution < -0.4 is 10.1 Å². The molecule has 1 amide bonds. The number of amides is 1. The van der Waals surface area contributed by atoms with E-state index in [1.807, 2.05) is 26.0 Å². The summed E-state index contributed by atoms with van der Waals surface area (Å²) in [6.45, 7) is 10.3. The Morgan fingerprint density at radius 2 is 1.77 bits per heavy atom. The van der Waals surface area contributed by atoms with E-state index in [0.29, 0.717) is 6.54 Å². The van der Waals surface area contributed by atoms with E-state index in [2.05, 4.69) is 38.1 Å². The smallest absolute Gasteiger partial charge is 0.257 e. The van der Waals surface area contributed by atoms with Crippen molar-refractivity contribution >= 4 is 34.2 Å². The Balaban J connectivity index is 0.00000312. The summed E-state index contributed by atoms with van der Waals surface area (Å²) in [5.74, 6) is 0.674. The highest BCUT2D eigenvalue weighted by molar-refractivity contribution is 9.10. The van der Waals surface area contributed by atoms with E-state index in [0.717, 1.165) is 60.5 Å². The van der Waals surface area contributed by atoms with Crippen LogP contribution in [0.4, 0.5) is 0 Å². The lowest BCUT2D eigenvalue weighted by Crippen LogP contribution is -2.45. The predicted octanol–water partition coefficient (Wildman–Crippen LogP) is 1.80. The average Bonchev–Trinajstić information content (AvgIpc) is 2.56. The zero-order valence-electron chi connectivity index (χ0n) is 15.8. The van der Waals surface area contributed by atoms with Gasteiger partial charge in [0.1, 0.15) is 5.75 Å². The van der Waals surface area contributed by atoms with Gasteiger partial charge < -0.3 is 25.3 Å². The van der Waals surface area contributed by atoms with Crippen LogP contribution in [0.5, 0.6) is 5.75 Å². The standard InChI is InChI=1S/C18H28BrN3O2.ClH.H2O/c1-14-11-16(12-15(2)18(14)19)24-13-17(23)20-5-4-6-22-9-7-21(3)8-10-22;;/h11-12H,4-10,13H2,1-3H3,(H,20,23);1H;1H2. The van der Waals surface area contributed by atoms with E-state index < -0.39 is 0 Å². The fourth-order valence-electron chi connectivity index (χ4n) is 2.79. The fourth-order valence-corrected chi connectivity index (χ4v) is 3.02. The number of nitrogens with one attached hydrogen (secondary N) is 1. The van der Waals surface area contributed by atoms with Gasteiger partial charge in [-0.25, -0.2) is 0 Å². The molecule has 0 radical (unpaired) electrons. The highest BCUT2D eigenvalue weighted by atomic mass is 79.9. The first-order valence-electron chi connectivity index (χ1n) is 8.53. The number of likely N-dealkylation sites (N-methyl/N-ethyl adjacent to an activating group) is 1. The van der Waals surface area contributed by atoms with Gasteiger partial charge in [-0.3, -0.25) is 4.79 Å². The quantitative estimate of drug-likeness (QED) is 0.640. The Hall–Kier alpha value is -0.860. The van der Waals surface area contributed by atoms with Crippen molar-refractivity contribution in [3.63, 3.8) is 0 Å². The summed E-state index contributed by atoms with van der Waals surface area (Å²) in [7, 11) is 2.16. The van der Waals surface area contributed by atoms with Gasteiger partial charge in [0.15, 0.2) is 6.61 Å². The molecule has 150 valence electrons. The van der Waals surface area contributed by atoms with Crippen molar-refractivity contribution in [3.05, 3.63) is 27.7 Å². The molecule has 1 aromatic carbocycles. The number of hydrogen-bond acceptors (Lipinski definition) is 4. The van der Waals surface area contributed by atoms with Crippen LogP contribution in [-0.4, -0.2) is 74.1 Å². The topological polar surface area (TPSA) is 76.3 Å². The van der Waals surface area contributed by atoms with Crippen molar-refractivity contribution in [3.8, 4) is 5.75 Å². The van der Waals surface area contributed by atoms with Gasteiger partial charge in [-0.15, -0.1) is 12.4 Å². The number of ether oxygens (including phenoxy) is 1. The van der Waals surface area contributed by atoms with Crippen LogP contribution in [0.15, 0.2) is 16.6 Å². The van der Waals surface area contributed by atoms with Gasteiger partial charge in [0.2, 0.25) is 0 Å². The summed E-state index contributed by atoms with van der Waals surface area (Å²) < 4.78 is 6.68. The van der Waals surface area contributed by atoms with Crippen molar-refractivity contribution in [2.45, 2.75) is 20.3 Å². The van der Waals surface area contributed by atoms with Crippen LogP contribution in [0.1, 0.15) is 17.5 Å². The monoisotopic (exact) mass is 451 g/mol. The third kappa shape index (κ3) is 8.22. The van der Waals surface area contributed by atoms with Crippen LogP contribution in [0, 0.1) is 13.8 Å². The van der Waals surface area contributed by atoms with E-state index in [4.69, 9.17) is 4.74 Å². The summed E-state index contributed by atoms with van der Waals surface area (Å²) in [5.41, 5.74) is 2.22. The van der Waals surface area contributed by atoms with Crippen molar-refractivity contribution in [1.29, 1.82) is 0 Å². The van der Waals surface area contributed by atoms with Crippen LogP contribution in [0.3, 0.4) is 0 Å². The molecule has 26 heavy (non-hydrogen) atoms. The lowest BCUT2D eigenvalue weighted by atomic mass is 10.1. The van der Waals surface area contributed by atoms with Crippen molar-refractivity contribution in [2.75, 3.05) is 52.9 Å². The van der Waals surface area contributed by atoms with Gasteiger partial charge >= 0.3 is 0 Å². The molecule has 1 saturated heterocycles. The minimum atomic E-state index is -0.0633. The van der Waals surface area contributed by atoms with E-state index in [-0.39, 0.29) is 30.4 Å². The molecule has 1 fully saturated rings. The Bertz CT molecular complexity index is 544. The molecular formula is C18H31BrClN3O3. The Kier molecular flexibility index (Phi) is 12.1. The lowest BCUT2D eigenvalue weighted by molar-refractivity contribution is -0.123. The molecular weight excluding hydrogens is 422 g/mol. The Morgan fingerprint density at radius 1 is 1.19 bits per heavy atom. The minimum Gasteiger partial charge on any atom is -0.484 e. The molecule has 1 aromatic rings. The fraction of sp³-hybridized carbons (Fsp3) is 0.611. The average molecular weight is 453 g/mol. The molecule has 0 unspecified atom stereocenters. The number of halogens is 2. The summed E-state index contributed by atoms with van der Waals surface area (Å²) in [6.07, 6.45) is 0.978. The van der Waals surface area contributed by atoms with E-state index >= 15 is 0 Å². The number of aryl methyl sites for hydroxylation is 2. The molecule has 1 aliphatic heterocycles. The Morgan fingerprint density at radius 3 is 2.35 bits per heavy atom. The van der Waals surface area contributed by atoms with Crippen LogP contribution >= 0.6 is 28.3 Å². The van der Waals surface area contributed by atoms with Gasteiger partial charge in [-0.2, -0.15) is 0 Å². The predicted molar refractivity (Wildman–Crippen MR) is 112 cm³/mol. The number of benzene rings is 1. The van der Waals surface area contributed by atoms with Gasteiger partial charge in [-0.05, 0) is 57.1 Å². The summed E-state index contributed by atoms with van der Waals surface area (Å²) in [4.78, 5) is 16.7. The first kappa shape index (κ1) is 25.1. The molecule has 1 aliphatic rings. The summed E-state index contributed by atoms with van der Waals surface area (Å²) >= 11 is 3.53. The van der Waals surface area contributed by atoms with Gasteiger partial charge in [-0.1, -0.05) is 15.9 Å². The molecule has 0 atom stereocenters. The van der Waals surface area contributed by atoms with Crippen LogP contribution in [0.25, 0.3) is 0 Å². The molecule has 0 bridgehead atoms. The first-order chi connectivity index (χ1) is 11.5. The van der Waals surface area contributed by atoms with E-state index in [1.54, 1.807) is 0 Å². The maximum Gasteiger partial charge on any atom is 0.257 e. The summed E-state index contributed by atoms with van der Waals surface area (Å²) in [5, 5.41) is 2.93. The van der Waals surface area contributed by atoms with Gasteiger partial charge in [0, 0.05) is 37.2 Å². The molecule has 3 N–H and O–H groups in total. The van der Waals surface area contributed by atoms with Crippen molar-refractivity contribution < 1.29 is 15.0 Å². The number of rotatable bonds is 7. The second kappa shape index (κ2) is 12.5. The number of piperazine rings is 1. The highest BCUT2D eigenvalue weighted by Crippen LogP contribution is 2.26. The largest absolute Gasteiger partial charge is 0.484 e. The molecule has 6 nitrogen and oxygen atoms in total. The minimum absolute atomic E-state index is 0. The molecule has 0 aliphatic carbocycles.